The van der Waals surface area contributed by atoms with E-state index in [4.69, 9.17) is 0 Å². The van der Waals surface area contributed by atoms with Crippen LogP contribution in [0.25, 0.3) is 10.9 Å². The number of H-pyrrole nitrogens is 2. The minimum absolute atomic E-state index is 0.123. The summed E-state index contributed by atoms with van der Waals surface area (Å²) in [6.07, 6.45) is 3.10. The van der Waals surface area contributed by atoms with Crippen LogP contribution in [0.1, 0.15) is 24.4 Å². The van der Waals surface area contributed by atoms with Crippen molar-refractivity contribution in [1.29, 1.82) is 0 Å². The van der Waals surface area contributed by atoms with Crippen molar-refractivity contribution in [3.63, 3.8) is 0 Å². The molecule has 118 valence electrons. The Bertz CT molecular complexity index is 897. The lowest BCUT2D eigenvalue weighted by Gasteiger charge is -2.04. The molecule has 0 saturated heterocycles. The summed E-state index contributed by atoms with van der Waals surface area (Å²) in [5.74, 6) is 0.919. The molecule has 0 fully saturated rings. The molecule has 1 amide bonds. The molecular weight excluding hydrogens is 294 g/mol. The lowest BCUT2D eigenvalue weighted by molar-refractivity contribution is -0.116. The molecule has 0 atom stereocenters. The Morgan fingerprint density at radius 1 is 1.26 bits per heavy atom. The van der Waals surface area contributed by atoms with E-state index in [-0.39, 0.29) is 11.5 Å². The predicted molar refractivity (Wildman–Crippen MR) is 87.3 cm³/mol. The molecule has 0 spiro atoms. The Morgan fingerprint density at radius 3 is 2.87 bits per heavy atom. The third-order valence-electron chi connectivity index (χ3n) is 3.44. The number of nitrogens with one attached hydrogen (secondary N) is 3. The topological polar surface area (TPSA) is 104 Å². The molecule has 7 nitrogen and oxygen atoms in total. The molecule has 0 bridgehead atoms. The first-order valence-corrected chi connectivity index (χ1v) is 7.41. The van der Waals surface area contributed by atoms with E-state index in [0.717, 1.165) is 5.69 Å². The summed E-state index contributed by atoms with van der Waals surface area (Å²) in [5, 5.41) is 3.26. The molecule has 0 radical (unpaired) electrons. The SMILES string of the molecule is Cc1cnc(NC(=O)CCCc2nc3ccccc3c(=O)[nH]2)[nH]1. The number of para-hydroxylation sites is 1. The van der Waals surface area contributed by atoms with Crippen LogP contribution in [-0.2, 0) is 11.2 Å². The first-order valence-electron chi connectivity index (χ1n) is 7.41. The second kappa shape index (κ2) is 6.43. The van der Waals surface area contributed by atoms with Crippen molar-refractivity contribution in [2.24, 2.45) is 0 Å². The summed E-state index contributed by atoms with van der Waals surface area (Å²) in [6.45, 7) is 1.87. The molecule has 3 N–H and O–H groups in total. The second-order valence-electron chi connectivity index (χ2n) is 5.35. The molecule has 3 rings (SSSR count). The molecule has 0 aliphatic carbocycles. The van der Waals surface area contributed by atoms with Gasteiger partial charge in [0.15, 0.2) is 0 Å². The number of carbonyl (C=O) groups is 1. The summed E-state index contributed by atoms with van der Waals surface area (Å²) in [7, 11) is 0. The lowest BCUT2D eigenvalue weighted by Crippen LogP contribution is -2.14. The highest BCUT2D eigenvalue weighted by Crippen LogP contribution is 2.08. The highest BCUT2D eigenvalue weighted by atomic mass is 16.1. The van der Waals surface area contributed by atoms with Crippen LogP contribution in [0, 0.1) is 6.92 Å². The zero-order valence-corrected chi connectivity index (χ0v) is 12.7. The van der Waals surface area contributed by atoms with E-state index in [2.05, 4.69) is 25.3 Å². The molecule has 0 unspecified atom stereocenters. The minimum Gasteiger partial charge on any atom is -0.328 e. The quantitative estimate of drug-likeness (QED) is 0.669. The number of rotatable bonds is 5. The predicted octanol–water partition coefficient (Wildman–Crippen LogP) is 1.92. The maximum absolute atomic E-state index is 12.0. The van der Waals surface area contributed by atoms with Gasteiger partial charge in [-0.2, -0.15) is 0 Å². The fourth-order valence-electron chi connectivity index (χ4n) is 2.34. The Morgan fingerprint density at radius 2 is 2.09 bits per heavy atom. The smallest absolute Gasteiger partial charge is 0.258 e. The monoisotopic (exact) mass is 311 g/mol. The van der Waals surface area contributed by atoms with E-state index in [0.29, 0.717) is 41.9 Å². The van der Waals surface area contributed by atoms with E-state index < -0.39 is 0 Å². The third-order valence-corrected chi connectivity index (χ3v) is 3.44. The van der Waals surface area contributed by atoms with Gasteiger partial charge in [-0.15, -0.1) is 0 Å². The third kappa shape index (κ3) is 3.63. The number of aryl methyl sites for hydroxylation is 2. The fourth-order valence-corrected chi connectivity index (χ4v) is 2.34. The van der Waals surface area contributed by atoms with Crippen molar-refractivity contribution < 1.29 is 4.79 Å². The summed E-state index contributed by atoms with van der Waals surface area (Å²) >= 11 is 0. The Kier molecular flexibility index (Phi) is 4.18. The van der Waals surface area contributed by atoms with Gasteiger partial charge in [0.2, 0.25) is 11.9 Å². The van der Waals surface area contributed by atoms with Gasteiger partial charge < -0.3 is 9.97 Å². The van der Waals surface area contributed by atoms with Gasteiger partial charge in [0, 0.05) is 24.7 Å². The zero-order chi connectivity index (χ0) is 16.2. The van der Waals surface area contributed by atoms with Gasteiger partial charge in [0.25, 0.3) is 5.56 Å². The van der Waals surface area contributed by atoms with Gasteiger partial charge in [-0.05, 0) is 25.5 Å². The summed E-state index contributed by atoms with van der Waals surface area (Å²) in [5.41, 5.74) is 1.40. The van der Waals surface area contributed by atoms with Crippen LogP contribution in [0.15, 0.2) is 35.3 Å². The van der Waals surface area contributed by atoms with Crippen molar-refractivity contribution in [2.45, 2.75) is 26.2 Å². The number of anilines is 1. The molecular formula is C16H17N5O2. The van der Waals surface area contributed by atoms with Crippen LogP contribution in [0.4, 0.5) is 5.95 Å². The number of aromatic nitrogens is 4. The average molecular weight is 311 g/mol. The lowest BCUT2D eigenvalue weighted by atomic mass is 10.2. The summed E-state index contributed by atoms with van der Waals surface area (Å²) < 4.78 is 0. The van der Waals surface area contributed by atoms with Crippen molar-refractivity contribution in [3.05, 3.63) is 52.3 Å². The number of nitrogens with zero attached hydrogens (tertiary/aromatic N) is 2. The molecule has 0 aliphatic heterocycles. The van der Waals surface area contributed by atoms with E-state index in [9.17, 15) is 9.59 Å². The van der Waals surface area contributed by atoms with Crippen molar-refractivity contribution in [2.75, 3.05) is 5.32 Å². The van der Waals surface area contributed by atoms with Crippen LogP contribution in [0.3, 0.4) is 0 Å². The average Bonchev–Trinajstić information content (AvgIpc) is 2.92. The second-order valence-corrected chi connectivity index (χ2v) is 5.35. The maximum Gasteiger partial charge on any atom is 0.258 e. The van der Waals surface area contributed by atoms with Crippen molar-refractivity contribution in [3.8, 4) is 0 Å². The molecule has 3 aromatic rings. The molecule has 2 heterocycles. The van der Waals surface area contributed by atoms with Crippen LogP contribution in [-0.4, -0.2) is 25.8 Å². The number of fused-ring (bicyclic) bond motifs is 1. The van der Waals surface area contributed by atoms with E-state index >= 15 is 0 Å². The van der Waals surface area contributed by atoms with E-state index in [1.807, 2.05) is 13.0 Å². The molecule has 0 saturated carbocycles. The first-order chi connectivity index (χ1) is 11.1. The van der Waals surface area contributed by atoms with Crippen molar-refractivity contribution in [1.82, 2.24) is 19.9 Å². The zero-order valence-electron chi connectivity index (χ0n) is 12.7. The number of hydrogen-bond donors (Lipinski definition) is 3. The van der Waals surface area contributed by atoms with Gasteiger partial charge in [0.05, 0.1) is 10.9 Å². The summed E-state index contributed by atoms with van der Waals surface area (Å²) in [6, 6.07) is 7.20. The molecule has 2 aromatic heterocycles. The highest BCUT2D eigenvalue weighted by Gasteiger charge is 2.07. The van der Waals surface area contributed by atoms with Gasteiger partial charge in [-0.1, -0.05) is 12.1 Å². The number of aromatic amines is 2. The first kappa shape index (κ1) is 15.0. The minimum atomic E-state index is -0.152. The molecule has 23 heavy (non-hydrogen) atoms. The van der Waals surface area contributed by atoms with Crippen LogP contribution in [0.5, 0.6) is 0 Å². The number of benzene rings is 1. The standard InChI is InChI=1S/C16H17N5O2/c1-10-9-17-16(18-10)21-14(22)8-4-7-13-19-12-6-3-2-5-11(12)15(23)20-13/h2-3,5-6,9H,4,7-8H2,1H3,(H,19,20,23)(H2,17,18,21,22). The largest absolute Gasteiger partial charge is 0.328 e. The number of imidazole rings is 1. The number of amides is 1. The van der Waals surface area contributed by atoms with Gasteiger partial charge in [-0.25, -0.2) is 9.97 Å². The fraction of sp³-hybridized carbons (Fsp3) is 0.250. The van der Waals surface area contributed by atoms with Crippen LogP contribution >= 0.6 is 0 Å². The Balaban J connectivity index is 1.58. The summed E-state index contributed by atoms with van der Waals surface area (Å²) in [4.78, 5) is 37.9. The maximum atomic E-state index is 12.0. The number of carbonyl (C=O) groups excluding carboxylic acids is 1. The van der Waals surface area contributed by atoms with E-state index in [1.54, 1.807) is 24.4 Å². The van der Waals surface area contributed by atoms with Crippen LogP contribution in [0.2, 0.25) is 0 Å². The molecule has 1 aromatic carbocycles. The van der Waals surface area contributed by atoms with Gasteiger partial charge >= 0.3 is 0 Å². The number of hydrogen-bond acceptors (Lipinski definition) is 4. The van der Waals surface area contributed by atoms with Crippen molar-refractivity contribution >= 4 is 22.8 Å². The van der Waals surface area contributed by atoms with Gasteiger partial charge in [0.1, 0.15) is 5.82 Å². The molecule has 0 aliphatic rings. The Hall–Kier alpha value is -2.96. The molecule has 7 heteroatoms. The van der Waals surface area contributed by atoms with Crippen LogP contribution < -0.4 is 10.9 Å². The normalized spacial score (nSPS) is 10.8. The van der Waals surface area contributed by atoms with Gasteiger partial charge in [-0.3, -0.25) is 14.9 Å². The highest BCUT2D eigenvalue weighted by molar-refractivity contribution is 5.88. The van der Waals surface area contributed by atoms with E-state index in [1.165, 1.54) is 0 Å². The Labute approximate surface area is 132 Å².